The maximum absolute atomic E-state index is 12.4. The van der Waals surface area contributed by atoms with Gasteiger partial charge in [-0.15, -0.1) is 0 Å². The number of nitrogens with one attached hydrogen (secondary N) is 1. The van der Waals surface area contributed by atoms with E-state index in [0.717, 1.165) is 10.8 Å². The molecule has 0 aliphatic heterocycles. The van der Waals surface area contributed by atoms with Gasteiger partial charge in [-0.05, 0) is 47.0 Å². The van der Waals surface area contributed by atoms with E-state index in [-0.39, 0.29) is 46.4 Å². The molecule has 0 bridgehead atoms. The van der Waals surface area contributed by atoms with Gasteiger partial charge in [0.1, 0.15) is 5.75 Å². The van der Waals surface area contributed by atoms with Crippen LogP contribution in [-0.4, -0.2) is 17.0 Å². The number of fused-ring (bicyclic) bond motifs is 1. The van der Waals surface area contributed by atoms with Crippen LogP contribution in [0.5, 0.6) is 5.75 Å². The van der Waals surface area contributed by atoms with Crippen LogP contribution in [-0.2, 0) is 0 Å². The van der Waals surface area contributed by atoms with Crippen molar-refractivity contribution in [1.29, 1.82) is 0 Å². The maximum atomic E-state index is 12.4. The van der Waals surface area contributed by atoms with Gasteiger partial charge in [-0.1, -0.05) is 36.4 Å². The first-order valence-corrected chi connectivity index (χ1v) is 7.31. The van der Waals surface area contributed by atoms with Crippen molar-refractivity contribution < 1.29 is 49.4 Å². The van der Waals surface area contributed by atoms with E-state index in [0.29, 0.717) is 11.3 Å². The van der Waals surface area contributed by atoms with Gasteiger partial charge in [0.2, 0.25) is 0 Å². The van der Waals surface area contributed by atoms with Gasteiger partial charge < -0.3 is 20.3 Å². The number of aromatic hydroxyl groups is 1. The third kappa shape index (κ3) is 3.85. The number of aromatic carboxylic acids is 1. The molecular formula is C19H14NNaO4. The van der Waals surface area contributed by atoms with E-state index in [1.54, 1.807) is 13.0 Å². The Bertz CT molecular complexity index is 952. The first-order valence-electron chi connectivity index (χ1n) is 7.31. The van der Waals surface area contributed by atoms with E-state index >= 15 is 0 Å². The van der Waals surface area contributed by atoms with Crippen LogP contribution in [0.3, 0.4) is 0 Å². The van der Waals surface area contributed by atoms with Gasteiger partial charge >= 0.3 is 29.6 Å². The molecule has 6 heteroatoms. The summed E-state index contributed by atoms with van der Waals surface area (Å²) in [6.07, 6.45) is 0. The summed E-state index contributed by atoms with van der Waals surface area (Å²) in [5.74, 6) is -1.82. The van der Waals surface area contributed by atoms with Crippen molar-refractivity contribution >= 4 is 28.3 Å². The molecule has 0 radical (unpaired) electrons. The van der Waals surface area contributed by atoms with E-state index in [2.05, 4.69) is 5.32 Å². The van der Waals surface area contributed by atoms with Gasteiger partial charge in [0.05, 0.1) is 11.5 Å². The standard InChI is InChI=1S/C19H15NO4.Na/c1-11-15-5-3-2-4-13(15)10-16(17(11)21)18(22)20-14-8-6-12(7-9-14)19(23)24;/h2-10,21H,1H3,(H,20,22)(H,23,24);/q;+1/p-1. The number of phenolic OH excluding ortho intramolecular Hbond substituents is 1. The summed E-state index contributed by atoms with van der Waals surface area (Å²) in [7, 11) is 0. The predicted octanol–water partition coefficient (Wildman–Crippen LogP) is -0.526. The number of anilines is 1. The molecule has 0 spiro atoms. The Balaban J connectivity index is 0.00000225. The zero-order valence-electron chi connectivity index (χ0n) is 13.9. The minimum absolute atomic E-state index is 0. The SMILES string of the molecule is Cc1c(O)c(C(=O)Nc2ccc(C(=O)[O-])cc2)cc2ccccc12.[Na+]. The fourth-order valence-electron chi connectivity index (χ4n) is 2.58. The van der Waals surface area contributed by atoms with Gasteiger partial charge in [-0.3, -0.25) is 4.79 Å². The molecule has 0 atom stereocenters. The normalized spacial score (nSPS) is 10.1. The molecule has 5 nitrogen and oxygen atoms in total. The van der Waals surface area contributed by atoms with Gasteiger partial charge in [-0.25, -0.2) is 0 Å². The van der Waals surface area contributed by atoms with E-state index in [4.69, 9.17) is 0 Å². The van der Waals surface area contributed by atoms with E-state index in [1.807, 2.05) is 24.3 Å². The van der Waals surface area contributed by atoms with Crippen molar-refractivity contribution in [1.82, 2.24) is 0 Å². The number of carbonyl (C=O) groups excluding carboxylic acids is 2. The molecule has 3 aromatic carbocycles. The molecule has 25 heavy (non-hydrogen) atoms. The number of aryl methyl sites for hydroxylation is 1. The van der Waals surface area contributed by atoms with Gasteiger partial charge in [-0.2, -0.15) is 0 Å². The number of carboxylic acid groups (broad SMARTS) is 1. The van der Waals surface area contributed by atoms with Crippen LogP contribution in [0.1, 0.15) is 26.3 Å². The van der Waals surface area contributed by atoms with Crippen molar-refractivity contribution in [3.05, 3.63) is 71.3 Å². The number of hydrogen-bond donors (Lipinski definition) is 2. The fourth-order valence-corrected chi connectivity index (χ4v) is 2.58. The second kappa shape index (κ2) is 7.70. The average Bonchev–Trinajstić information content (AvgIpc) is 2.58. The molecule has 120 valence electrons. The number of hydrogen-bond acceptors (Lipinski definition) is 4. The third-order valence-electron chi connectivity index (χ3n) is 3.90. The molecular weight excluding hydrogens is 329 g/mol. The number of rotatable bonds is 3. The maximum Gasteiger partial charge on any atom is 1.00 e. The molecule has 0 heterocycles. The average molecular weight is 343 g/mol. The smallest absolute Gasteiger partial charge is 0.545 e. The molecule has 0 aromatic heterocycles. The molecule has 0 unspecified atom stereocenters. The Morgan fingerprint density at radius 1 is 1.04 bits per heavy atom. The molecule has 3 rings (SSSR count). The molecule has 2 N–H and O–H groups in total. The zero-order valence-corrected chi connectivity index (χ0v) is 15.9. The summed E-state index contributed by atoms with van der Waals surface area (Å²) in [4.78, 5) is 23.2. The minimum atomic E-state index is -1.28. The first-order chi connectivity index (χ1) is 11.5. The second-order valence-corrected chi connectivity index (χ2v) is 5.44. The Morgan fingerprint density at radius 3 is 2.32 bits per heavy atom. The molecule has 0 saturated carbocycles. The number of phenols is 1. The van der Waals surface area contributed by atoms with Crippen molar-refractivity contribution in [3.63, 3.8) is 0 Å². The first kappa shape index (κ1) is 19.0. The number of amides is 1. The molecule has 0 fully saturated rings. The minimum Gasteiger partial charge on any atom is -0.545 e. The number of carboxylic acids is 1. The van der Waals surface area contributed by atoms with Crippen LogP contribution in [0.15, 0.2) is 54.6 Å². The van der Waals surface area contributed by atoms with Crippen molar-refractivity contribution in [2.24, 2.45) is 0 Å². The number of benzene rings is 3. The molecule has 0 saturated heterocycles. The quantitative estimate of drug-likeness (QED) is 0.626. The Morgan fingerprint density at radius 2 is 1.68 bits per heavy atom. The summed E-state index contributed by atoms with van der Waals surface area (Å²) in [6.45, 7) is 1.75. The van der Waals surface area contributed by atoms with E-state index in [9.17, 15) is 19.8 Å². The van der Waals surface area contributed by atoms with Crippen LogP contribution < -0.4 is 40.0 Å². The van der Waals surface area contributed by atoms with Crippen molar-refractivity contribution in [2.75, 3.05) is 5.32 Å². The Labute approximate surface area is 166 Å². The summed E-state index contributed by atoms with van der Waals surface area (Å²) in [5, 5.41) is 25.4. The Hall–Kier alpha value is -2.34. The summed E-state index contributed by atoms with van der Waals surface area (Å²) in [5.41, 5.74) is 1.24. The molecule has 3 aromatic rings. The fraction of sp³-hybridized carbons (Fsp3) is 0.0526. The van der Waals surface area contributed by atoms with Gasteiger partial charge in [0, 0.05) is 5.69 Å². The second-order valence-electron chi connectivity index (χ2n) is 5.44. The van der Waals surface area contributed by atoms with Crippen LogP contribution >= 0.6 is 0 Å². The topological polar surface area (TPSA) is 89.5 Å². The summed E-state index contributed by atoms with van der Waals surface area (Å²) in [6, 6.07) is 14.7. The predicted molar refractivity (Wildman–Crippen MR) is 89.1 cm³/mol. The summed E-state index contributed by atoms with van der Waals surface area (Å²) >= 11 is 0. The molecule has 0 aliphatic rings. The van der Waals surface area contributed by atoms with Gasteiger partial charge in [0.25, 0.3) is 5.91 Å². The monoisotopic (exact) mass is 343 g/mol. The molecule has 0 aliphatic carbocycles. The largest absolute Gasteiger partial charge is 1.00 e. The zero-order chi connectivity index (χ0) is 17.3. The van der Waals surface area contributed by atoms with Crippen LogP contribution in [0.2, 0.25) is 0 Å². The van der Waals surface area contributed by atoms with Crippen molar-refractivity contribution in [3.8, 4) is 5.75 Å². The van der Waals surface area contributed by atoms with Crippen molar-refractivity contribution in [2.45, 2.75) is 6.92 Å². The van der Waals surface area contributed by atoms with E-state index < -0.39 is 11.9 Å². The third-order valence-corrected chi connectivity index (χ3v) is 3.90. The Kier molecular flexibility index (Phi) is 5.85. The number of carbonyl (C=O) groups is 2. The van der Waals surface area contributed by atoms with Crippen LogP contribution in [0.25, 0.3) is 10.8 Å². The van der Waals surface area contributed by atoms with Gasteiger partial charge in [0.15, 0.2) is 0 Å². The van der Waals surface area contributed by atoms with Crippen LogP contribution in [0.4, 0.5) is 5.69 Å². The van der Waals surface area contributed by atoms with Crippen LogP contribution in [0, 0.1) is 6.92 Å². The molecule has 1 amide bonds. The summed E-state index contributed by atoms with van der Waals surface area (Å²) < 4.78 is 0. The van der Waals surface area contributed by atoms with E-state index in [1.165, 1.54) is 24.3 Å².